The molecule has 0 saturated heterocycles. The second-order valence-electron chi connectivity index (χ2n) is 4.39. The number of pyridine rings is 1. The molecule has 0 amide bonds. The van der Waals surface area contributed by atoms with E-state index in [-0.39, 0.29) is 11.1 Å². The highest BCUT2D eigenvalue weighted by atomic mass is 16.5. The van der Waals surface area contributed by atoms with E-state index in [0.29, 0.717) is 43.2 Å². The molecule has 0 fully saturated rings. The molecule has 0 spiro atoms. The molecule has 2 aliphatic rings. The second kappa shape index (κ2) is 3.60. The second-order valence-corrected chi connectivity index (χ2v) is 4.39. The normalized spacial score (nSPS) is 16.9. The van der Waals surface area contributed by atoms with Gasteiger partial charge in [0.05, 0.1) is 6.54 Å². The third-order valence-electron chi connectivity index (χ3n) is 3.49. The van der Waals surface area contributed by atoms with Crippen LogP contribution in [0.2, 0.25) is 0 Å². The summed E-state index contributed by atoms with van der Waals surface area (Å²) in [5.41, 5.74) is 0.508. The van der Waals surface area contributed by atoms with Crippen LogP contribution in [0.25, 0.3) is 0 Å². The van der Waals surface area contributed by atoms with Gasteiger partial charge in [-0.1, -0.05) is 0 Å². The van der Waals surface area contributed by atoms with Crippen LogP contribution >= 0.6 is 0 Å². The third kappa shape index (κ3) is 1.21. The van der Waals surface area contributed by atoms with Gasteiger partial charge in [-0.15, -0.1) is 0 Å². The zero-order valence-electron chi connectivity index (χ0n) is 9.89. The lowest BCUT2D eigenvalue weighted by atomic mass is 10.0. The number of hydrogen-bond donors (Lipinski definition) is 0. The van der Waals surface area contributed by atoms with Crippen molar-refractivity contribution in [3.8, 4) is 6.07 Å². The van der Waals surface area contributed by atoms with E-state index in [9.17, 15) is 9.59 Å². The number of ether oxygens (including phenoxy) is 1. The summed E-state index contributed by atoms with van der Waals surface area (Å²) < 4.78 is 6.61. The van der Waals surface area contributed by atoms with Crippen molar-refractivity contribution in [1.82, 2.24) is 4.57 Å². The minimum Gasteiger partial charge on any atom is -0.460 e. The molecule has 1 aromatic rings. The molecule has 0 N–H and O–H groups in total. The van der Waals surface area contributed by atoms with Gasteiger partial charge < -0.3 is 9.64 Å². The highest BCUT2D eigenvalue weighted by Gasteiger charge is 2.33. The van der Waals surface area contributed by atoms with Crippen LogP contribution in [0.4, 0.5) is 5.82 Å². The lowest BCUT2D eigenvalue weighted by Crippen LogP contribution is -2.26. The number of carbonyl (C=O) groups excluding carboxylic acids is 1. The molecule has 0 aromatic carbocycles. The summed E-state index contributed by atoms with van der Waals surface area (Å²) in [5.74, 6) is 0.163. The molecule has 0 aliphatic carbocycles. The van der Waals surface area contributed by atoms with Crippen LogP contribution in [-0.2, 0) is 11.3 Å². The van der Waals surface area contributed by atoms with Crippen molar-refractivity contribution in [2.45, 2.75) is 13.5 Å². The van der Waals surface area contributed by atoms with E-state index in [1.54, 1.807) is 6.92 Å². The first-order chi connectivity index (χ1) is 8.65. The van der Waals surface area contributed by atoms with Crippen molar-refractivity contribution in [2.75, 3.05) is 24.6 Å². The SMILES string of the molecule is Cc1c2c3n(c(=O)c1C#N)CCN3CCOC2=O. The van der Waals surface area contributed by atoms with E-state index in [1.807, 2.05) is 11.0 Å². The number of esters is 1. The minimum absolute atomic E-state index is 0.0365. The quantitative estimate of drug-likeness (QED) is 0.602. The summed E-state index contributed by atoms with van der Waals surface area (Å²) in [4.78, 5) is 26.1. The van der Waals surface area contributed by atoms with E-state index in [0.717, 1.165) is 0 Å². The predicted octanol–water partition coefficient (Wildman–Crippen LogP) is 0.0188. The Kier molecular flexibility index (Phi) is 2.17. The first-order valence-electron chi connectivity index (χ1n) is 5.74. The summed E-state index contributed by atoms with van der Waals surface area (Å²) in [5, 5.41) is 9.06. The number of rotatable bonds is 0. The van der Waals surface area contributed by atoms with Gasteiger partial charge in [0.25, 0.3) is 5.56 Å². The van der Waals surface area contributed by atoms with Gasteiger partial charge in [-0.2, -0.15) is 5.26 Å². The van der Waals surface area contributed by atoms with Gasteiger partial charge in [-0.05, 0) is 12.5 Å². The fourth-order valence-corrected chi connectivity index (χ4v) is 2.60. The van der Waals surface area contributed by atoms with E-state index in [4.69, 9.17) is 10.00 Å². The molecule has 0 radical (unpaired) electrons. The lowest BCUT2D eigenvalue weighted by molar-refractivity contribution is 0.0525. The van der Waals surface area contributed by atoms with Crippen LogP contribution in [0.5, 0.6) is 0 Å². The van der Waals surface area contributed by atoms with Crippen molar-refractivity contribution in [1.29, 1.82) is 5.26 Å². The maximum absolute atomic E-state index is 12.1. The monoisotopic (exact) mass is 245 g/mol. The van der Waals surface area contributed by atoms with Gasteiger partial charge in [0.2, 0.25) is 0 Å². The summed E-state index contributed by atoms with van der Waals surface area (Å²) in [6.07, 6.45) is 0. The molecule has 2 aliphatic heterocycles. The van der Waals surface area contributed by atoms with E-state index < -0.39 is 5.97 Å². The number of carbonyl (C=O) groups is 1. The van der Waals surface area contributed by atoms with Crippen molar-refractivity contribution in [3.63, 3.8) is 0 Å². The molecule has 3 rings (SSSR count). The van der Waals surface area contributed by atoms with Crippen LogP contribution < -0.4 is 10.5 Å². The number of cyclic esters (lactones) is 1. The molecular weight excluding hydrogens is 234 g/mol. The molecule has 18 heavy (non-hydrogen) atoms. The van der Waals surface area contributed by atoms with E-state index in [1.165, 1.54) is 4.57 Å². The van der Waals surface area contributed by atoms with Crippen LogP contribution in [0.3, 0.4) is 0 Å². The maximum atomic E-state index is 12.1. The lowest BCUT2D eigenvalue weighted by Gasteiger charge is -2.17. The largest absolute Gasteiger partial charge is 0.460 e. The topological polar surface area (TPSA) is 75.3 Å². The fourth-order valence-electron chi connectivity index (χ4n) is 2.60. The first kappa shape index (κ1) is 10.8. The van der Waals surface area contributed by atoms with E-state index in [2.05, 4.69) is 0 Å². The third-order valence-corrected chi connectivity index (χ3v) is 3.49. The summed E-state index contributed by atoms with van der Waals surface area (Å²) in [7, 11) is 0. The first-order valence-corrected chi connectivity index (χ1v) is 5.74. The summed E-state index contributed by atoms with van der Waals surface area (Å²) in [6, 6.07) is 1.89. The smallest absolute Gasteiger partial charge is 0.342 e. The highest BCUT2D eigenvalue weighted by molar-refractivity contribution is 5.98. The molecule has 3 heterocycles. The molecule has 0 atom stereocenters. The van der Waals surface area contributed by atoms with Crippen molar-refractivity contribution in [2.24, 2.45) is 0 Å². The molecular formula is C12H11N3O3. The number of nitriles is 1. The standard InChI is InChI=1S/C12H11N3O3/c1-7-8(6-13)11(16)15-3-2-14-4-5-18-12(17)9(7)10(14)15/h2-5H2,1H3. The average Bonchev–Trinajstić information content (AvgIpc) is 2.67. The Hall–Kier alpha value is -2.29. The summed E-state index contributed by atoms with van der Waals surface area (Å²) in [6.45, 7) is 3.71. The Balaban J connectivity index is 2.44. The fraction of sp³-hybridized carbons (Fsp3) is 0.417. The van der Waals surface area contributed by atoms with Crippen molar-refractivity contribution in [3.05, 3.63) is 27.0 Å². The molecule has 92 valence electrons. The van der Waals surface area contributed by atoms with Gasteiger partial charge in [-0.3, -0.25) is 9.36 Å². The van der Waals surface area contributed by atoms with Crippen LogP contribution in [0.1, 0.15) is 21.5 Å². The summed E-state index contributed by atoms with van der Waals surface area (Å²) >= 11 is 0. The van der Waals surface area contributed by atoms with Gasteiger partial charge in [0, 0.05) is 13.1 Å². The zero-order chi connectivity index (χ0) is 12.9. The van der Waals surface area contributed by atoms with Crippen LogP contribution in [0, 0.1) is 18.3 Å². The Bertz CT molecular complexity index is 654. The van der Waals surface area contributed by atoms with Crippen molar-refractivity contribution < 1.29 is 9.53 Å². The molecule has 0 bridgehead atoms. The van der Waals surface area contributed by atoms with E-state index >= 15 is 0 Å². The number of nitrogens with zero attached hydrogens (tertiary/aromatic N) is 3. The highest BCUT2D eigenvalue weighted by Crippen LogP contribution is 2.30. The Morgan fingerprint density at radius 2 is 2.06 bits per heavy atom. The number of aromatic nitrogens is 1. The maximum Gasteiger partial charge on any atom is 0.342 e. The van der Waals surface area contributed by atoms with Gasteiger partial charge >= 0.3 is 5.97 Å². The van der Waals surface area contributed by atoms with Gasteiger partial charge in [0.15, 0.2) is 0 Å². The Morgan fingerprint density at radius 3 is 2.78 bits per heavy atom. The zero-order valence-corrected chi connectivity index (χ0v) is 9.89. The molecule has 6 heteroatoms. The average molecular weight is 245 g/mol. The van der Waals surface area contributed by atoms with Crippen molar-refractivity contribution >= 4 is 11.8 Å². The van der Waals surface area contributed by atoms with Gasteiger partial charge in [0.1, 0.15) is 29.6 Å². The minimum atomic E-state index is -0.447. The van der Waals surface area contributed by atoms with Gasteiger partial charge in [-0.25, -0.2) is 4.79 Å². The number of anilines is 1. The molecule has 1 aromatic heterocycles. The molecule has 6 nitrogen and oxygen atoms in total. The molecule has 0 unspecified atom stereocenters. The Labute approximate surface area is 103 Å². The predicted molar refractivity (Wildman–Crippen MR) is 62.6 cm³/mol. The molecule has 0 saturated carbocycles. The number of hydrogen-bond acceptors (Lipinski definition) is 5. The van der Waals surface area contributed by atoms with Crippen LogP contribution in [-0.4, -0.2) is 30.2 Å². The van der Waals surface area contributed by atoms with Crippen LogP contribution in [0.15, 0.2) is 4.79 Å². The Morgan fingerprint density at radius 1 is 1.28 bits per heavy atom.